The van der Waals surface area contributed by atoms with E-state index in [1.165, 1.54) is 0 Å². The summed E-state index contributed by atoms with van der Waals surface area (Å²) in [5.41, 5.74) is 1.32. The SMILES string of the molecule is COCCOc1cc(NC(=O)C2CC(=O)N(c3ccc(OC)cc3)C2)ccc1OC. The predicted molar refractivity (Wildman–Crippen MR) is 112 cm³/mol. The van der Waals surface area contributed by atoms with Crippen LogP contribution >= 0.6 is 0 Å². The van der Waals surface area contributed by atoms with Gasteiger partial charge in [0.05, 0.1) is 26.7 Å². The monoisotopic (exact) mass is 414 g/mol. The molecule has 1 unspecified atom stereocenters. The molecule has 30 heavy (non-hydrogen) atoms. The second kappa shape index (κ2) is 9.98. The van der Waals surface area contributed by atoms with Gasteiger partial charge in [-0.1, -0.05) is 0 Å². The van der Waals surface area contributed by atoms with Crippen LogP contribution in [0.1, 0.15) is 6.42 Å². The van der Waals surface area contributed by atoms with Gasteiger partial charge in [-0.15, -0.1) is 0 Å². The van der Waals surface area contributed by atoms with Crippen LogP contribution in [0, 0.1) is 5.92 Å². The van der Waals surface area contributed by atoms with E-state index in [-0.39, 0.29) is 18.2 Å². The summed E-state index contributed by atoms with van der Waals surface area (Å²) in [6.07, 6.45) is 0.158. The Morgan fingerprint density at radius 2 is 1.80 bits per heavy atom. The summed E-state index contributed by atoms with van der Waals surface area (Å²) in [4.78, 5) is 26.8. The molecule has 1 atom stereocenters. The molecule has 0 bridgehead atoms. The summed E-state index contributed by atoms with van der Waals surface area (Å²) in [7, 11) is 4.73. The number of amides is 2. The van der Waals surface area contributed by atoms with Crippen LogP contribution in [0.4, 0.5) is 11.4 Å². The molecule has 3 rings (SSSR count). The Hall–Kier alpha value is -3.26. The molecule has 0 saturated carbocycles. The number of methoxy groups -OCH3 is 3. The Bertz CT molecular complexity index is 884. The maximum Gasteiger partial charge on any atom is 0.229 e. The largest absolute Gasteiger partial charge is 0.497 e. The molecule has 1 aliphatic heterocycles. The van der Waals surface area contributed by atoms with E-state index in [0.29, 0.717) is 42.7 Å². The third-order valence-corrected chi connectivity index (χ3v) is 4.86. The maximum atomic E-state index is 12.8. The molecule has 0 radical (unpaired) electrons. The lowest BCUT2D eigenvalue weighted by Crippen LogP contribution is -2.28. The van der Waals surface area contributed by atoms with Gasteiger partial charge in [-0.25, -0.2) is 0 Å². The minimum Gasteiger partial charge on any atom is -0.497 e. The van der Waals surface area contributed by atoms with Crippen LogP contribution < -0.4 is 24.4 Å². The first-order valence-electron chi connectivity index (χ1n) is 9.60. The standard InChI is InChI=1S/C22H26N2O6/c1-27-10-11-30-20-13-16(4-9-19(20)29-3)23-22(26)15-12-21(25)24(14-15)17-5-7-18(28-2)8-6-17/h4-9,13,15H,10-12,14H2,1-3H3,(H,23,26). The van der Waals surface area contributed by atoms with Crippen LogP contribution in [-0.4, -0.2) is 52.9 Å². The average molecular weight is 414 g/mol. The minimum atomic E-state index is -0.445. The maximum absolute atomic E-state index is 12.8. The Morgan fingerprint density at radius 1 is 1.03 bits per heavy atom. The van der Waals surface area contributed by atoms with Gasteiger partial charge in [-0.05, 0) is 36.4 Å². The van der Waals surface area contributed by atoms with Crippen LogP contribution in [0.25, 0.3) is 0 Å². The zero-order valence-corrected chi connectivity index (χ0v) is 17.3. The van der Waals surface area contributed by atoms with Gasteiger partial charge in [0.15, 0.2) is 11.5 Å². The van der Waals surface area contributed by atoms with Gasteiger partial charge in [0.2, 0.25) is 11.8 Å². The Balaban J connectivity index is 1.65. The fraction of sp³-hybridized carbons (Fsp3) is 0.364. The molecule has 0 aliphatic carbocycles. The van der Waals surface area contributed by atoms with E-state index in [1.807, 2.05) is 12.1 Å². The smallest absolute Gasteiger partial charge is 0.229 e. The highest BCUT2D eigenvalue weighted by Crippen LogP contribution is 2.31. The van der Waals surface area contributed by atoms with Crippen LogP contribution in [-0.2, 0) is 14.3 Å². The third kappa shape index (κ3) is 5.01. The fourth-order valence-corrected chi connectivity index (χ4v) is 3.24. The number of nitrogens with zero attached hydrogens (tertiary/aromatic N) is 1. The third-order valence-electron chi connectivity index (χ3n) is 4.86. The summed E-state index contributed by atoms with van der Waals surface area (Å²) in [5, 5.41) is 2.87. The number of ether oxygens (including phenoxy) is 4. The summed E-state index contributed by atoms with van der Waals surface area (Å²) in [5.74, 6) is 1.04. The lowest BCUT2D eigenvalue weighted by molar-refractivity contribution is -0.122. The Morgan fingerprint density at radius 3 is 2.47 bits per heavy atom. The number of carbonyl (C=O) groups is 2. The van der Waals surface area contributed by atoms with E-state index in [2.05, 4.69) is 5.32 Å². The van der Waals surface area contributed by atoms with E-state index in [9.17, 15) is 9.59 Å². The van der Waals surface area contributed by atoms with Gasteiger partial charge in [0.25, 0.3) is 0 Å². The normalized spacial score (nSPS) is 15.8. The molecule has 0 spiro atoms. The molecule has 1 N–H and O–H groups in total. The Kier molecular flexibility index (Phi) is 7.13. The molecule has 0 aromatic heterocycles. The highest BCUT2D eigenvalue weighted by atomic mass is 16.5. The minimum absolute atomic E-state index is 0.0846. The van der Waals surface area contributed by atoms with Gasteiger partial charge >= 0.3 is 0 Å². The number of nitrogens with one attached hydrogen (secondary N) is 1. The van der Waals surface area contributed by atoms with Crippen molar-refractivity contribution in [3.8, 4) is 17.2 Å². The van der Waals surface area contributed by atoms with Crippen LogP contribution in [0.5, 0.6) is 17.2 Å². The molecule has 8 heteroatoms. The van der Waals surface area contributed by atoms with Crippen molar-refractivity contribution in [1.29, 1.82) is 0 Å². The van der Waals surface area contributed by atoms with Crippen LogP contribution in [0.2, 0.25) is 0 Å². The lowest BCUT2D eigenvalue weighted by Gasteiger charge is -2.17. The predicted octanol–water partition coefficient (Wildman–Crippen LogP) is 2.72. The number of hydrogen-bond donors (Lipinski definition) is 1. The molecule has 1 heterocycles. The number of carbonyl (C=O) groups excluding carboxylic acids is 2. The number of hydrogen-bond acceptors (Lipinski definition) is 6. The van der Waals surface area contributed by atoms with Gasteiger partial charge in [-0.3, -0.25) is 9.59 Å². The van der Waals surface area contributed by atoms with E-state index >= 15 is 0 Å². The highest BCUT2D eigenvalue weighted by Gasteiger charge is 2.35. The highest BCUT2D eigenvalue weighted by molar-refractivity contribution is 6.03. The number of rotatable bonds is 9. The topological polar surface area (TPSA) is 86.3 Å². The molecule has 2 aromatic carbocycles. The zero-order chi connectivity index (χ0) is 21.5. The van der Waals surface area contributed by atoms with Gasteiger partial charge in [0.1, 0.15) is 12.4 Å². The Labute approximate surface area is 175 Å². The first-order chi connectivity index (χ1) is 14.5. The van der Waals surface area contributed by atoms with Gasteiger partial charge in [0, 0.05) is 37.5 Å². The summed E-state index contributed by atoms with van der Waals surface area (Å²) >= 11 is 0. The molecule has 1 fully saturated rings. The first kappa shape index (κ1) is 21.4. The second-order valence-electron chi connectivity index (χ2n) is 6.80. The van der Waals surface area contributed by atoms with Crippen molar-refractivity contribution < 1.29 is 28.5 Å². The van der Waals surface area contributed by atoms with Crippen molar-refractivity contribution in [2.24, 2.45) is 5.92 Å². The van der Waals surface area contributed by atoms with Crippen LogP contribution in [0.15, 0.2) is 42.5 Å². The number of benzene rings is 2. The average Bonchev–Trinajstić information content (AvgIpc) is 3.16. The van der Waals surface area contributed by atoms with E-state index in [1.54, 1.807) is 56.6 Å². The van der Waals surface area contributed by atoms with Crippen molar-refractivity contribution in [1.82, 2.24) is 0 Å². The first-order valence-corrected chi connectivity index (χ1v) is 9.60. The lowest BCUT2D eigenvalue weighted by atomic mass is 10.1. The summed E-state index contributed by atoms with van der Waals surface area (Å²) in [6.45, 7) is 1.12. The van der Waals surface area contributed by atoms with Crippen molar-refractivity contribution in [3.05, 3.63) is 42.5 Å². The number of anilines is 2. The van der Waals surface area contributed by atoms with Gasteiger partial charge in [-0.2, -0.15) is 0 Å². The van der Waals surface area contributed by atoms with Crippen molar-refractivity contribution in [2.75, 3.05) is 51.3 Å². The molecule has 2 amide bonds. The zero-order valence-electron chi connectivity index (χ0n) is 17.3. The second-order valence-corrected chi connectivity index (χ2v) is 6.80. The molecule has 1 aliphatic rings. The quantitative estimate of drug-likeness (QED) is 0.635. The molecular weight excluding hydrogens is 388 g/mol. The molecule has 1 saturated heterocycles. The van der Waals surface area contributed by atoms with E-state index in [0.717, 1.165) is 5.69 Å². The van der Waals surface area contributed by atoms with Crippen molar-refractivity contribution in [3.63, 3.8) is 0 Å². The van der Waals surface area contributed by atoms with Crippen molar-refractivity contribution >= 4 is 23.2 Å². The molecule has 2 aromatic rings. The fourth-order valence-electron chi connectivity index (χ4n) is 3.24. The van der Waals surface area contributed by atoms with Gasteiger partial charge < -0.3 is 29.2 Å². The van der Waals surface area contributed by atoms with E-state index in [4.69, 9.17) is 18.9 Å². The summed E-state index contributed by atoms with van der Waals surface area (Å²) < 4.78 is 21.1. The molecular formula is C22H26N2O6. The summed E-state index contributed by atoms with van der Waals surface area (Å²) in [6, 6.07) is 12.4. The molecule has 160 valence electrons. The van der Waals surface area contributed by atoms with Crippen molar-refractivity contribution in [2.45, 2.75) is 6.42 Å². The van der Waals surface area contributed by atoms with E-state index < -0.39 is 5.92 Å². The van der Waals surface area contributed by atoms with Crippen LogP contribution in [0.3, 0.4) is 0 Å². The molecule has 8 nitrogen and oxygen atoms in total.